The van der Waals surface area contributed by atoms with Crippen LogP contribution in [0.1, 0.15) is 173 Å². The van der Waals surface area contributed by atoms with Crippen LogP contribution in [0.3, 0.4) is 0 Å². The molecule has 0 atom stereocenters. The van der Waals surface area contributed by atoms with Gasteiger partial charge in [-0.1, -0.05) is 116 Å². The molecule has 0 unspecified atom stereocenters. The van der Waals surface area contributed by atoms with Gasteiger partial charge in [0.2, 0.25) is 0 Å². The van der Waals surface area contributed by atoms with Crippen LogP contribution >= 0.6 is 0 Å². The average Bonchev–Trinajstić information content (AvgIpc) is 3.18. The first kappa shape index (κ1) is 51.6. The second kappa shape index (κ2) is 35.0. The number of methoxy groups -OCH3 is 9. The second-order valence-electron chi connectivity index (χ2n) is 14.5. The molecule has 0 aromatic carbocycles. The lowest BCUT2D eigenvalue weighted by Crippen LogP contribution is -2.35. The quantitative estimate of drug-likeness (QED) is 0.0444. The van der Waals surface area contributed by atoms with E-state index in [4.69, 9.17) is 42.6 Å². The first-order valence-electron chi connectivity index (χ1n) is 21.0. The highest BCUT2D eigenvalue weighted by atomic mass is 16.9. The van der Waals surface area contributed by atoms with E-state index >= 15 is 0 Å². The van der Waals surface area contributed by atoms with E-state index in [9.17, 15) is 0 Å². The molecule has 10 heteroatoms. The predicted molar refractivity (Wildman–Crippen MR) is 212 cm³/mol. The van der Waals surface area contributed by atoms with Crippen molar-refractivity contribution >= 4 is 0 Å². The summed E-state index contributed by atoms with van der Waals surface area (Å²) >= 11 is 0. The molecule has 0 aromatic rings. The Morgan fingerprint density at radius 1 is 0.231 bits per heavy atom. The molecule has 0 aliphatic heterocycles. The largest absolute Gasteiger partial charge is 0.331 e. The summed E-state index contributed by atoms with van der Waals surface area (Å²) in [4.78, 5) is 2.77. The molecule has 0 saturated carbocycles. The molecule has 0 rings (SSSR count). The Kier molecular flexibility index (Phi) is 34.8. The van der Waals surface area contributed by atoms with E-state index in [1.165, 1.54) is 154 Å². The van der Waals surface area contributed by atoms with Crippen molar-refractivity contribution in [3.63, 3.8) is 0 Å². The molecule has 314 valence electrons. The monoisotopic (exact) mass is 750 g/mol. The van der Waals surface area contributed by atoms with Gasteiger partial charge in [0.1, 0.15) is 0 Å². The van der Waals surface area contributed by atoms with Gasteiger partial charge in [-0.2, -0.15) is 0 Å². The summed E-state index contributed by atoms with van der Waals surface area (Å²) in [5, 5.41) is 0. The maximum absolute atomic E-state index is 5.41. The van der Waals surface area contributed by atoms with Crippen LogP contribution in [0.2, 0.25) is 0 Å². The van der Waals surface area contributed by atoms with E-state index in [0.717, 1.165) is 38.5 Å². The van der Waals surface area contributed by atoms with E-state index in [-0.39, 0.29) is 0 Å². The average molecular weight is 750 g/mol. The van der Waals surface area contributed by atoms with Crippen LogP contribution in [0.15, 0.2) is 0 Å². The van der Waals surface area contributed by atoms with Crippen LogP contribution in [0.5, 0.6) is 0 Å². The van der Waals surface area contributed by atoms with Gasteiger partial charge in [-0.25, -0.2) is 0 Å². The first-order chi connectivity index (χ1) is 25.3. The van der Waals surface area contributed by atoms with Crippen molar-refractivity contribution in [2.24, 2.45) is 0 Å². The molecule has 0 radical (unpaired) electrons. The zero-order valence-corrected chi connectivity index (χ0v) is 35.8. The number of hydrogen-bond donors (Lipinski definition) is 0. The van der Waals surface area contributed by atoms with Crippen molar-refractivity contribution in [2.75, 3.05) is 83.6 Å². The maximum atomic E-state index is 5.41. The van der Waals surface area contributed by atoms with Crippen molar-refractivity contribution < 1.29 is 42.6 Å². The van der Waals surface area contributed by atoms with Crippen LogP contribution in [-0.2, 0) is 42.6 Å². The molecule has 0 aromatic heterocycles. The summed E-state index contributed by atoms with van der Waals surface area (Å²) in [6.45, 7) is 3.76. The van der Waals surface area contributed by atoms with E-state index in [1.54, 1.807) is 64.0 Å². The van der Waals surface area contributed by atoms with Crippen molar-refractivity contribution in [2.45, 2.75) is 191 Å². The number of rotatable bonds is 42. The van der Waals surface area contributed by atoms with Gasteiger partial charge in [0.25, 0.3) is 17.9 Å². The minimum absolute atomic E-state index is 0.771. The topological polar surface area (TPSA) is 86.3 Å². The normalized spacial score (nSPS) is 12.8. The molecule has 0 aliphatic rings. The Morgan fingerprint density at radius 3 is 0.558 bits per heavy atom. The van der Waals surface area contributed by atoms with Crippen molar-refractivity contribution in [1.82, 2.24) is 4.90 Å². The Bertz CT molecular complexity index is 612. The maximum Gasteiger partial charge on any atom is 0.282 e. The number of hydrogen-bond acceptors (Lipinski definition) is 10. The van der Waals surface area contributed by atoms with Crippen LogP contribution in [0.25, 0.3) is 0 Å². The lowest BCUT2D eigenvalue weighted by Gasteiger charge is -2.28. The zero-order chi connectivity index (χ0) is 38.7. The van der Waals surface area contributed by atoms with Crippen LogP contribution in [0, 0.1) is 0 Å². The van der Waals surface area contributed by atoms with Crippen LogP contribution in [0.4, 0.5) is 0 Å². The smallest absolute Gasteiger partial charge is 0.282 e. The van der Waals surface area contributed by atoms with E-state index in [2.05, 4.69) is 4.90 Å². The molecule has 0 bridgehead atoms. The third-order valence-electron chi connectivity index (χ3n) is 10.9. The van der Waals surface area contributed by atoms with Gasteiger partial charge >= 0.3 is 0 Å². The van der Waals surface area contributed by atoms with Gasteiger partial charge in [0.15, 0.2) is 0 Å². The Morgan fingerprint density at radius 2 is 0.385 bits per heavy atom. The summed E-state index contributed by atoms with van der Waals surface area (Å²) < 4.78 is 48.7. The Labute approximate surface area is 321 Å². The predicted octanol–water partition coefficient (Wildman–Crippen LogP) is 10.6. The van der Waals surface area contributed by atoms with Gasteiger partial charge < -0.3 is 47.5 Å². The molecular weight excluding hydrogens is 662 g/mol. The van der Waals surface area contributed by atoms with Crippen molar-refractivity contribution in [1.29, 1.82) is 0 Å². The fourth-order valence-corrected chi connectivity index (χ4v) is 7.22. The molecule has 0 N–H and O–H groups in total. The van der Waals surface area contributed by atoms with Gasteiger partial charge in [-0.15, -0.1) is 0 Å². The molecule has 10 nitrogen and oxygen atoms in total. The number of unbranched alkanes of at least 4 members (excludes halogenated alkanes) is 21. The SMILES string of the molecule is COC(CCCCCCCCCCN(CCCCCCCCCCC(OC)(OC)OC)CCCCCCCCCCC(OC)(OC)OC)(OC)OC. The van der Waals surface area contributed by atoms with E-state index < -0.39 is 17.9 Å². The summed E-state index contributed by atoms with van der Waals surface area (Å²) in [6, 6.07) is 0. The highest BCUT2D eigenvalue weighted by molar-refractivity contribution is 4.62. The van der Waals surface area contributed by atoms with E-state index in [1.807, 2.05) is 0 Å². The number of ether oxygens (including phenoxy) is 9. The lowest BCUT2D eigenvalue weighted by atomic mass is 10.1. The Hall–Kier alpha value is -0.400. The molecule has 0 heterocycles. The molecule has 0 spiro atoms. The molecule has 0 fully saturated rings. The van der Waals surface area contributed by atoms with Gasteiger partial charge in [-0.05, 0) is 58.2 Å². The molecule has 0 amide bonds. The van der Waals surface area contributed by atoms with Crippen LogP contribution < -0.4 is 0 Å². The van der Waals surface area contributed by atoms with Crippen LogP contribution in [-0.4, -0.2) is 106 Å². The van der Waals surface area contributed by atoms with Gasteiger partial charge in [0.05, 0.1) is 0 Å². The summed E-state index contributed by atoms with van der Waals surface area (Å²) in [5.74, 6) is -2.64. The molecular formula is C42H87NO9. The molecule has 52 heavy (non-hydrogen) atoms. The fraction of sp³-hybridized carbons (Fsp3) is 1.00. The summed E-state index contributed by atoms with van der Waals surface area (Å²) in [7, 11) is 14.8. The minimum Gasteiger partial charge on any atom is -0.331 e. The molecule has 0 aliphatic carbocycles. The third kappa shape index (κ3) is 24.9. The van der Waals surface area contributed by atoms with E-state index in [0.29, 0.717) is 0 Å². The zero-order valence-electron chi connectivity index (χ0n) is 35.8. The summed E-state index contributed by atoms with van der Waals surface area (Å²) in [5.41, 5.74) is 0. The van der Waals surface area contributed by atoms with Gasteiger partial charge in [0, 0.05) is 83.3 Å². The van der Waals surface area contributed by atoms with Gasteiger partial charge in [-0.3, -0.25) is 0 Å². The first-order valence-corrected chi connectivity index (χ1v) is 21.0. The highest BCUT2D eigenvalue weighted by Crippen LogP contribution is 2.24. The standard InChI is InChI=1S/C42H87NO9/c1-44-40(45-2,46-3)34-28-22-16-10-13-19-25-31-37-43(38-32-26-20-14-11-17-23-29-35-41(47-4,48-5)49-6)39-33-27-21-15-12-18-24-30-36-42(50-7,51-8)52-9/h10-39H2,1-9H3. The highest BCUT2D eigenvalue weighted by Gasteiger charge is 2.30. The Balaban J connectivity index is 4.28. The van der Waals surface area contributed by atoms with Crippen molar-refractivity contribution in [3.05, 3.63) is 0 Å². The third-order valence-corrected chi connectivity index (χ3v) is 10.9. The minimum atomic E-state index is -0.881. The summed E-state index contributed by atoms with van der Waals surface area (Å²) in [6.07, 6.45) is 32.9. The van der Waals surface area contributed by atoms with Crippen molar-refractivity contribution in [3.8, 4) is 0 Å². The lowest BCUT2D eigenvalue weighted by molar-refractivity contribution is -0.355. The second-order valence-corrected chi connectivity index (χ2v) is 14.5. The fourth-order valence-electron chi connectivity index (χ4n) is 7.22. The number of nitrogens with zero attached hydrogens (tertiary/aromatic N) is 1. The molecule has 0 saturated heterocycles.